The number of carboxylic acids is 1. The van der Waals surface area contributed by atoms with Crippen LogP contribution in [0.3, 0.4) is 0 Å². The maximum Gasteiger partial charge on any atom is 0.337 e. The van der Waals surface area contributed by atoms with E-state index in [0.717, 1.165) is 11.0 Å². The van der Waals surface area contributed by atoms with Crippen LogP contribution in [0.4, 0.5) is 0 Å². The molecule has 2 heterocycles. The highest BCUT2D eigenvalue weighted by Gasteiger charge is 2.12. The molecule has 6 heteroatoms. The Kier molecular flexibility index (Phi) is 2.03. The molecule has 0 aliphatic rings. The van der Waals surface area contributed by atoms with Crippen molar-refractivity contribution in [2.45, 2.75) is 0 Å². The zero-order chi connectivity index (χ0) is 13.7. The lowest BCUT2D eigenvalue weighted by Crippen LogP contribution is -2.00. The second-order valence-electron chi connectivity index (χ2n) is 4.45. The molecular formula is C14H8N4O2. The van der Waals surface area contributed by atoms with Crippen LogP contribution in [0, 0.1) is 0 Å². The van der Waals surface area contributed by atoms with Gasteiger partial charge in [-0.3, -0.25) is 0 Å². The van der Waals surface area contributed by atoms with E-state index in [9.17, 15) is 9.90 Å². The van der Waals surface area contributed by atoms with E-state index in [-0.39, 0.29) is 5.56 Å². The Morgan fingerprint density at radius 2 is 1.85 bits per heavy atom. The van der Waals surface area contributed by atoms with Crippen LogP contribution in [0.5, 0.6) is 0 Å². The number of rotatable bonds is 1. The molecule has 2 N–H and O–H groups in total. The number of fused-ring (bicyclic) bond motifs is 4. The molecule has 4 rings (SSSR count). The van der Waals surface area contributed by atoms with Gasteiger partial charge in [0.25, 0.3) is 0 Å². The zero-order valence-corrected chi connectivity index (χ0v) is 10.2. The molecule has 0 aliphatic heterocycles. The van der Waals surface area contributed by atoms with Crippen molar-refractivity contribution < 1.29 is 9.90 Å². The van der Waals surface area contributed by atoms with E-state index < -0.39 is 5.97 Å². The third-order valence-electron chi connectivity index (χ3n) is 3.27. The van der Waals surface area contributed by atoms with Gasteiger partial charge in [0.15, 0.2) is 0 Å². The quantitative estimate of drug-likeness (QED) is 0.515. The fourth-order valence-corrected chi connectivity index (χ4v) is 2.36. The molecule has 0 spiro atoms. The van der Waals surface area contributed by atoms with Gasteiger partial charge >= 0.3 is 5.97 Å². The second kappa shape index (κ2) is 3.74. The molecule has 0 atom stereocenters. The number of nitrogens with one attached hydrogen (secondary N) is 1. The van der Waals surface area contributed by atoms with Crippen molar-refractivity contribution in [2.75, 3.05) is 0 Å². The number of aromatic nitrogens is 4. The van der Waals surface area contributed by atoms with Crippen molar-refractivity contribution in [3.8, 4) is 0 Å². The lowest BCUT2D eigenvalue weighted by Gasteiger charge is -2.05. The third kappa shape index (κ3) is 1.38. The van der Waals surface area contributed by atoms with Crippen LogP contribution < -0.4 is 0 Å². The second-order valence-corrected chi connectivity index (χ2v) is 4.45. The van der Waals surface area contributed by atoms with Crippen LogP contribution >= 0.6 is 0 Å². The first-order valence-corrected chi connectivity index (χ1v) is 5.99. The smallest absolute Gasteiger partial charge is 0.337 e. The highest BCUT2D eigenvalue weighted by atomic mass is 16.4. The monoisotopic (exact) mass is 264 g/mol. The molecule has 2 aromatic carbocycles. The number of benzene rings is 2. The Balaban J connectivity index is 2.24. The normalized spacial score (nSPS) is 11.4. The van der Waals surface area contributed by atoms with Gasteiger partial charge in [-0.05, 0) is 24.3 Å². The van der Waals surface area contributed by atoms with Crippen molar-refractivity contribution >= 4 is 39.1 Å². The van der Waals surface area contributed by atoms with E-state index in [1.54, 1.807) is 12.1 Å². The largest absolute Gasteiger partial charge is 0.478 e. The van der Waals surface area contributed by atoms with Crippen molar-refractivity contribution in [1.29, 1.82) is 0 Å². The van der Waals surface area contributed by atoms with Gasteiger partial charge in [-0.2, -0.15) is 0 Å². The molecule has 20 heavy (non-hydrogen) atoms. The summed E-state index contributed by atoms with van der Waals surface area (Å²) in [5.74, 6) is -1.00. The summed E-state index contributed by atoms with van der Waals surface area (Å²) in [6, 6.07) is 8.75. The van der Waals surface area contributed by atoms with Gasteiger partial charge in [0, 0.05) is 0 Å². The standard InChI is InChI=1S/C14H8N4O2/c19-14(20)7-2-1-3-9-11(7)18-13-10(17-9)5-4-8-12(13)16-6-15-8/h1-6,17H,(H,19,20). The first-order valence-electron chi connectivity index (χ1n) is 5.99. The zero-order valence-electron chi connectivity index (χ0n) is 10.2. The fraction of sp³-hybridized carbons (Fsp3) is 0. The van der Waals surface area contributed by atoms with Crippen molar-refractivity contribution in [1.82, 2.24) is 19.9 Å². The molecule has 0 radical (unpaired) electrons. The molecule has 0 amide bonds. The SMILES string of the molecule is O=C(O)c1cccc2[nH]c3ccc4ncnc4c3nc12. The summed E-state index contributed by atoms with van der Waals surface area (Å²) in [4.78, 5) is 27.3. The number of carbonyl (C=O) groups is 1. The third-order valence-corrected chi connectivity index (χ3v) is 3.27. The molecule has 4 aromatic rings. The van der Waals surface area contributed by atoms with Gasteiger partial charge in [0.2, 0.25) is 0 Å². The lowest BCUT2D eigenvalue weighted by molar-refractivity contribution is 0.0699. The van der Waals surface area contributed by atoms with Crippen LogP contribution in [-0.2, 0) is 0 Å². The molecule has 96 valence electrons. The van der Waals surface area contributed by atoms with Gasteiger partial charge in [0.1, 0.15) is 22.9 Å². The van der Waals surface area contributed by atoms with Gasteiger partial charge < -0.3 is 10.1 Å². The number of H-pyrrole nitrogens is 1. The number of carboxylic acid groups (broad SMARTS) is 1. The Bertz CT molecular complexity index is 990. The van der Waals surface area contributed by atoms with E-state index in [1.165, 1.54) is 12.4 Å². The van der Waals surface area contributed by atoms with E-state index >= 15 is 0 Å². The minimum atomic E-state index is -1.00. The average molecular weight is 264 g/mol. The number of hydrogen-bond acceptors (Lipinski definition) is 4. The molecule has 2 aromatic heterocycles. The highest BCUT2D eigenvalue weighted by Crippen LogP contribution is 2.24. The summed E-state index contributed by atoms with van der Waals surface area (Å²) in [6.45, 7) is 0. The Hall–Kier alpha value is -3.02. The van der Waals surface area contributed by atoms with E-state index in [0.29, 0.717) is 22.1 Å². The molecular weight excluding hydrogens is 256 g/mol. The van der Waals surface area contributed by atoms with E-state index in [1.807, 2.05) is 12.1 Å². The van der Waals surface area contributed by atoms with Crippen LogP contribution in [0.15, 0.2) is 36.7 Å². The van der Waals surface area contributed by atoms with Crippen LogP contribution in [0.1, 0.15) is 10.4 Å². The summed E-state index contributed by atoms with van der Waals surface area (Å²) in [6.07, 6.45) is 1.47. The molecule has 0 saturated carbocycles. The number of imidazole rings is 1. The van der Waals surface area contributed by atoms with Crippen molar-refractivity contribution in [3.05, 3.63) is 42.2 Å². The number of aromatic amines is 1. The summed E-state index contributed by atoms with van der Waals surface area (Å²) >= 11 is 0. The van der Waals surface area contributed by atoms with Crippen LogP contribution in [-0.4, -0.2) is 31.0 Å². The molecule has 0 unspecified atom stereocenters. The predicted molar refractivity (Wildman–Crippen MR) is 73.7 cm³/mol. The topological polar surface area (TPSA) is 91.8 Å². The minimum Gasteiger partial charge on any atom is -0.478 e. The molecule has 6 nitrogen and oxygen atoms in total. The summed E-state index contributed by atoms with van der Waals surface area (Å²) in [5.41, 5.74) is 4.09. The number of aromatic carboxylic acids is 1. The predicted octanol–water partition coefficient (Wildman–Crippen LogP) is 2.36. The van der Waals surface area contributed by atoms with Gasteiger partial charge in [-0.15, -0.1) is 0 Å². The van der Waals surface area contributed by atoms with Crippen molar-refractivity contribution in [2.24, 2.45) is 0 Å². The molecule has 0 bridgehead atoms. The highest BCUT2D eigenvalue weighted by molar-refractivity contribution is 6.06. The molecule has 0 fully saturated rings. The average Bonchev–Trinajstić information content (AvgIpc) is 2.93. The maximum atomic E-state index is 11.3. The maximum absolute atomic E-state index is 11.3. The Morgan fingerprint density at radius 3 is 2.70 bits per heavy atom. The van der Waals surface area contributed by atoms with Crippen LogP contribution in [0.25, 0.3) is 33.1 Å². The van der Waals surface area contributed by atoms with E-state index in [4.69, 9.17) is 0 Å². The first-order chi connectivity index (χ1) is 9.74. The molecule has 0 saturated heterocycles. The number of para-hydroxylation sites is 1. The summed E-state index contributed by atoms with van der Waals surface area (Å²) in [7, 11) is 0. The fourth-order valence-electron chi connectivity index (χ4n) is 2.36. The minimum absolute atomic E-state index is 0.164. The first kappa shape index (κ1) is 10.9. The van der Waals surface area contributed by atoms with E-state index in [2.05, 4.69) is 19.9 Å². The Morgan fingerprint density at radius 1 is 1.00 bits per heavy atom. The number of hydrogen-bond donors (Lipinski definition) is 2. The van der Waals surface area contributed by atoms with Gasteiger partial charge in [-0.1, -0.05) is 6.07 Å². The summed E-state index contributed by atoms with van der Waals surface area (Å²) < 4.78 is 0. The lowest BCUT2D eigenvalue weighted by atomic mass is 10.1. The van der Waals surface area contributed by atoms with Gasteiger partial charge in [0.05, 0.1) is 22.1 Å². The molecule has 0 aliphatic carbocycles. The Labute approximate surface area is 112 Å². The van der Waals surface area contributed by atoms with Crippen molar-refractivity contribution in [3.63, 3.8) is 0 Å². The van der Waals surface area contributed by atoms with Gasteiger partial charge in [-0.25, -0.2) is 19.7 Å². The number of nitrogens with zero attached hydrogens (tertiary/aromatic N) is 3. The summed E-state index contributed by atoms with van der Waals surface area (Å²) in [5, 5.41) is 9.25. The van der Waals surface area contributed by atoms with Crippen LogP contribution in [0.2, 0.25) is 0 Å².